The van der Waals surface area contributed by atoms with Crippen LogP contribution in [0.2, 0.25) is 0 Å². The van der Waals surface area contributed by atoms with E-state index in [1.54, 1.807) is 6.92 Å². The molecular formula is C7H10N2O2. The van der Waals surface area contributed by atoms with E-state index in [9.17, 15) is 0 Å². The molecule has 0 saturated carbocycles. The zero-order valence-corrected chi connectivity index (χ0v) is 6.13. The number of nitrogen functional groups attached to an aromatic ring is 2. The Morgan fingerprint density at radius 1 is 1.18 bits per heavy atom. The van der Waals surface area contributed by atoms with E-state index in [1.165, 1.54) is 6.07 Å². The third-order valence-electron chi connectivity index (χ3n) is 1.56. The molecule has 0 bridgehead atoms. The van der Waals surface area contributed by atoms with E-state index in [4.69, 9.17) is 21.7 Å². The standard InChI is InChI=1S/C7H10N2O2/c1-3-2-4(10)6(9)7(11)5(3)8/h2,10-11H,8-9H2,1H3. The molecule has 0 amide bonds. The molecule has 0 aliphatic rings. The Morgan fingerprint density at radius 2 is 1.73 bits per heavy atom. The van der Waals surface area contributed by atoms with Crippen LogP contribution >= 0.6 is 0 Å². The first-order chi connectivity index (χ1) is 5.04. The molecule has 0 radical (unpaired) electrons. The van der Waals surface area contributed by atoms with Crippen LogP contribution in [-0.4, -0.2) is 10.2 Å². The smallest absolute Gasteiger partial charge is 0.165 e. The molecule has 0 fully saturated rings. The van der Waals surface area contributed by atoms with E-state index in [2.05, 4.69) is 0 Å². The monoisotopic (exact) mass is 154 g/mol. The number of hydrogen-bond donors (Lipinski definition) is 4. The normalized spacial score (nSPS) is 9.91. The van der Waals surface area contributed by atoms with Crippen molar-refractivity contribution in [3.05, 3.63) is 11.6 Å². The van der Waals surface area contributed by atoms with Gasteiger partial charge in [-0.15, -0.1) is 0 Å². The van der Waals surface area contributed by atoms with Crippen LogP contribution in [0.5, 0.6) is 11.5 Å². The lowest BCUT2D eigenvalue weighted by Crippen LogP contribution is -1.95. The van der Waals surface area contributed by atoms with Gasteiger partial charge in [0, 0.05) is 0 Å². The fourth-order valence-corrected chi connectivity index (χ4v) is 0.814. The van der Waals surface area contributed by atoms with Gasteiger partial charge in [0.25, 0.3) is 0 Å². The second-order valence-corrected chi connectivity index (χ2v) is 2.39. The Bertz CT molecular complexity index is 271. The van der Waals surface area contributed by atoms with Gasteiger partial charge < -0.3 is 21.7 Å². The first-order valence-corrected chi connectivity index (χ1v) is 3.10. The molecule has 11 heavy (non-hydrogen) atoms. The zero-order chi connectivity index (χ0) is 8.59. The SMILES string of the molecule is Cc1cc(O)c(N)c(O)c1N. The van der Waals surface area contributed by atoms with Gasteiger partial charge in [0.1, 0.15) is 11.4 Å². The lowest BCUT2D eigenvalue weighted by Gasteiger charge is -2.07. The van der Waals surface area contributed by atoms with E-state index >= 15 is 0 Å². The molecule has 0 atom stereocenters. The summed E-state index contributed by atoms with van der Waals surface area (Å²) in [4.78, 5) is 0. The number of hydrogen-bond acceptors (Lipinski definition) is 4. The highest BCUT2D eigenvalue weighted by Crippen LogP contribution is 2.37. The summed E-state index contributed by atoms with van der Waals surface area (Å²) in [6.07, 6.45) is 0. The number of phenolic OH excluding ortho intramolecular Hbond substituents is 2. The van der Waals surface area contributed by atoms with Crippen LogP contribution in [0.25, 0.3) is 0 Å². The molecule has 0 aliphatic heterocycles. The predicted octanol–water partition coefficient (Wildman–Crippen LogP) is 0.571. The first-order valence-electron chi connectivity index (χ1n) is 3.10. The van der Waals surface area contributed by atoms with Gasteiger partial charge in [-0.2, -0.15) is 0 Å². The summed E-state index contributed by atoms with van der Waals surface area (Å²) in [6.45, 7) is 1.67. The van der Waals surface area contributed by atoms with Gasteiger partial charge in [-0.25, -0.2) is 0 Å². The van der Waals surface area contributed by atoms with Crippen LogP contribution in [0.15, 0.2) is 6.07 Å². The summed E-state index contributed by atoms with van der Waals surface area (Å²) >= 11 is 0. The fourth-order valence-electron chi connectivity index (χ4n) is 0.814. The summed E-state index contributed by atoms with van der Waals surface area (Å²) < 4.78 is 0. The van der Waals surface area contributed by atoms with Crippen LogP contribution in [0, 0.1) is 6.92 Å². The van der Waals surface area contributed by atoms with E-state index in [-0.39, 0.29) is 22.9 Å². The van der Waals surface area contributed by atoms with Crippen molar-refractivity contribution in [2.45, 2.75) is 6.92 Å². The van der Waals surface area contributed by atoms with Gasteiger partial charge >= 0.3 is 0 Å². The van der Waals surface area contributed by atoms with Gasteiger partial charge in [-0.3, -0.25) is 0 Å². The van der Waals surface area contributed by atoms with Crippen molar-refractivity contribution < 1.29 is 10.2 Å². The number of aryl methyl sites for hydroxylation is 1. The minimum atomic E-state index is -0.248. The number of rotatable bonds is 0. The summed E-state index contributed by atoms with van der Waals surface area (Å²) in [7, 11) is 0. The van der Waals surface area contributed by atoms with Crippen molar-refractivity contribution in [2.75, 3.05) is 11.5 Å². The Morgan fingerprint density at radius 3 is 2.27 bits per heavy atom. The molecule has 0 aromatic heterocycles. The van der Waals surface area contributed by atoms with Gasteiger partial charge in [-0.1, -0.05) is 0 Å². The number of benzene rings is 1. The number of nitrogens with two attached hydrogens (primary N) is 2. The highest BCUT2D eigenvalue weighted by molar-refractivity contribution is 5.75. The molecule has 0 heterocycles. The average molecular weight is 154 g/mol. The molecule has 4 nitrogen and oxygen atoms in total. The van der Waals surface area contributed by atoms with E-state index in [1.807, 2.05) is 0 Å². The molecule has 1 aromatic carbocycles. The molecule has 0 unspecified atom stereocenters. The van der Waals surface area contributed by atoms with Crippen molar-refractivity contribution in [1.82, 2.24) is 0 Å². The predicted molar refractivity (Wildman–Crippen MR) is 43.3 cm³/mol. The minimum absolute atomic E-state index is 0.0758. The van der Waals surface area contributed by atoms with Crippen molar-refractivity contribution in [3.8, 4) is 11.5 Å². The minimum Gasteiger partial charge on any atom is -0.506 e. The maximum Gasteiger partial charge on any atom is 0.165 e. The molecule has 1 rings (SSSR count). The van der Waals surface area contributed by atoms with Gasteiger partial charge in [0.2, 0.25) is 0 Å². The molecule has 0 spiro atoms. The summed E-state index contributed by atoms with van der Waals surface area (Å²) in [5.74, 6) is -0.392. The number of phenols is 2. The second kappa shape index (κ2) is 2.23. The second-order valence-electron chi connectivity index (χ2n) is 2.39. The molecule has 4 heteroatoms. The Labute approximate surface area is 64.1 Å². The zero-order valence-electron chi connectivity index (χ0n) is 6.13. The molecule has 1 aromatic rings. The average Bonchev–Trinajstić information content (AvgIpc) is 1.97. The Balaban J connectivity index is 3.46. The highest BCUT2D eigenvalue weighted by Gasteiger charge is 2.09. The molecule has 60 valence electrons. The molecular weight excluding hydrogens is 144 g/mol. The van der Waals surface area contributed by atoms with Crippen LogP contribution in [0.3, 0.4) is 0 Å². The Kier molecular flexibility index (Phi) is 1.53. The van der Waals surface area contributed by atoms with Crippen LogP contribution in [0.1, 0.15) is 5.56 Å². The van der Waals surface area contributed by atoms with Crippen LogP contribution in [0.4, 0.5) is 11.4 Å². The van der Waals surface area contributed by atoms with Gasteiger partial charge in [0.15, 0.2) is 5.75 Å². The molecule has 6 N–H and O–H groups in total. The fraction of sp³-hybridized carbons (Fsp3) is 0.143. The van der Waals surface area contributed by atoms with Crippen molar-refractivity contribution in [2.24, 2.45) is 0 Å². The lowest BCUT2D eigenvalue weighted by molar-refractivity contribution is 0.456. The first kappa shape index (κ1) is 7.53. The molecule has 0 saturated heterocycles. The highest BCUT2D eigenvalue weighted by atomic mass is 16.3. The van der Waals surface area contributed by atoms with Crippen molar-refractivity contribution in [1.29, 1.82) is 0 Å². The number of aromatic hydroxyl groups is 2. The van der Waals surface area contributed by atoms with Crippen LogP contribution < -0.4 is 11.5 Å². The molecule has 0 aliphatic carbocycles. The third-order valence-corrected chi connectivity index (χ3v) is 1.56. The third kappa shape index (κ3) is 1.02. The maximum absolute atomic E-state index is 9.16. The quantitative estimate of drug-likeness (QED) is 0.250. The van der Waals surface area contributed by atoms with Gasteiger partial charge in [-0.05, 0) is 18.6 Å². The van der Waals surface area contributed by atoms with Gasteiger partial charge in [0.05, 0.1) is 5.69 Å². The van der Waals surface area contributed by atoms with Crippen molar-refractivity contribution >= 4 is 11.4 Å². The largest absolute Gasteiger partial charge is 0.506 e. The summed E-state index contributed by atoms with van der Waals surface area (Å²) in [5.41, 5.74) is 11.4. The summed E-state index contributed by atoms with van der Waals surface area (Å²) in [5, 5.41) is 18.2. The maximum atomic E-state index is 9.16. The van der Waals surface area contributed by atoms with Crippen LogP contribution in [-0.2, 0) is 0 Å². The van der Waals surface area contributed by atoms with E-state index in [0.717, 1.165) is 0 Å². The Hall–Kier alpha value is -1.58. The number of anilines is 2. The van der Waals surface area contributed by atoms with E-state index in [0.29, 0.717) is 5.56 Å². The lowest BCUT2D eigenvalue weighted by atomic mass is 10.1. The topological polar surface area (TPSA) is 92.5 Å². The summed E-state index contributed by atoms with van der Waals surface area (Å²) in [6, 6.07) is 1.41. The van der Waals surface area contributed by atoms with E-state index < -0.39 is 0 Å². The van der Waals surface area contributed by atoms with Crippen molar-refractivity contribution in [3.63, 3.8) is 0 Å².